The van der Waals surface area contributed by atoms with Gasteiger partial charge in [0.25, 0.3) is 0 Å². The molecule has 1 heterocycles. The number of nitrogens with zero attached hydrogens (tertiary/aromatic N) is 1. The third-order valence-electron chi connectivity index (χ3n) is 6.72. The molecule has 1 aromatic rings. The van der Waals surface area contributed by atoms with E-state index in [1.165, 1.54) is 19.3 Å². The van der Waals surface area contributed by atoms with Crippen molar-refractivity contribution in [2.75, 3.05) is 19.7 Å². The van der Waals surface area contributed by atoms with E-state index in [2.05, 4.69) is 0 Å². The van der Waals surface area contributed by atoms with Gasteiger partial charge in [0.1, 0.15) is 0 Å². The molecular weight excluding hydrogens is 388 g/mol. The van der Waals surface area contributed by atoms with Crippen molar-refractivity contribution in [3.8, 4) is 0 Å². The first-order valence-electron chi connectivity index (χ1n) is 10.9. The molecular formula is C23H33ClN2O3. The number of nitrogens with two attached hydrogens (primary N) is 1. The van der Waals surface area contributed by atoms with Gasteiger partial charge in [-0.2, -0.15) is 0 Å². The molecule has 1 aliphatic heterocycles. The fourth-order valence-corrected chi connectivity index (χ4v) is 5.16. The summed E-state index contributed by atoms with van der Waals surface area (Å²) in [5, 5.41) is 0.669. The molecule has 2 aliphatic rings. The van der Waals surface area contributed by atoms with Gasteiger partial charge in [-0.15, -0.1) is 0 Å². The van der Waals surface area contributed by atoms with Crippen LogP contribution in [0, 0.1) is 11.3 Å². The van der Waals surface area contributed by atoms with Crippen LogP contribution in [0.25, 0.3) is 0 Å². The Morgan fingerprint density at radius 3 is 2.38 bits per heavy atom. The van der Waals surface area contributed by atoms with E-state index in [-0.39, 0.29) is 11.9 Å². The van der Waals surface area contributed by atoms with Crippen molar-refractivity contribution in [1.82, 2.24) is 4.90 Å². The van der Waals surface area contributed by atoms with E-state index in [1.54, 1.807) is 0 Å². The number of amides is 1. The van der Waals surface area contributed by atoms with E-state index in [4.69, 9.17) is 22.1 Å². The quantitative estimate of drug-likeness (QED) is 0.707. The van der Waals surface area contributed by atoms with Crippen molar-refractivity contribution in [1.29, 1.82) is 0 Å². The molecule has 2 fully saturated rings. The number of piperidine rings is 1. The molecule has 0 aromatic heterocycles. The van der Waals surface area contributed by atoms with Gasteiger partial charge in [-0.1, -0.05) is 43.0 Å². The number of hydrogen-bond acceptors (Lipinski definition) is 4. The Labute approximate surface area is 178 Å². The van der Waals surface area contributed by atoms with Crippen molar-refractivity contribution in [3.63, 3.8) is 0 Å². The Balaban J connectivity index is 1.63. The van der Waals surface area contributed by atoms with Crippen LogP contribution >= 0.6 is 11.6 Å². The van der Waals surface area contributed by atoms with Gasteiger partial charge in [-0.3, -0.25) is 9.59 Å². The SMILES string of the molecule is CCOC(=O)C1(C2CCCCC2)CCN(C(=O)C(N)Cc2ccc(Cl)cc2)CC1. The minimum atomic E-state index is -0.582. The molecule has 1 atom stereocenters. The van der Waals surface area contributed by atoms with Crippen molar-refractivity contribution in [2.24, 2.45) is 17.1 Å². The maximum Gasteiger partial charge on any atom is 0.312 e. The number of halogens is 1. The molecule has 1 aromatic carbocycles. The second-order valence-electron chi connectivity index (χ2n) is 8.47. The van der Waals surface area contributed by atoms with Gasteiger partial charge in [0.05, 0.1) is 18.1 Å². The van der Waals surface area contributed by atoms with E-state index in [0.29, 0.717) is 49.9 Å². The Kier molecular flexibility index (Phi) is 7.58. The maximum absolute atomic E-state index is 12.9. The van der Waals surface area contributed by atoms with Crippen LogP contribution in [-0.2, 0) is 20.7 Å². The first kappa shape index (κ1) is 22.1. The van der Waals surface area contributed by atoms with E-state index < -0.39 is 11.5 Å². The van der Waals surface area contributed by atoms with Gasteiger partial charge in [-0.25, -0.2) is 0 Å². The van der Waals surface area contributed by atoms with Crippen LogP contribution < -0.4 is 5.73 Å². The van der Waals surface area contributed by atoms with Crippen LogP contribution in [0.2, 0.25) is 5.02 Å². The Bertz CT molecular complexity index is 693. The molecule has 0 spiro atoms. The molecule has 29 heavy (non-hydrogen) atoms. The number of likely N-dealkylation sites (tertiary alicyclic amines) is 1. The van der Waals surface area contributed by atoms with Gasteiger partial charge >= 0.3 is 5.97 Å². The van der Waals surface area contributed by atoms with Crippen LogP contribution in [0.5, 0.6) is 0 Å². The summed E-state index contributed by atoms with van der Waals surface area (Å²) in [6, 6.07) is 6.85. The van der Waals surface area contributed by atoms with Crippen LogP contribution in [0.3, 0.4) is 0 Å². The molecule has 160 valence electrons. The Hall–Kier alpha value is -1.59. The molecule has 6 heteroatoms. The molecule has 0 radical (unpaired) electrons. The summed E-state index contributed by atoms with van der Waals surface area (Å²) in [6.07, 6.45) is 7.62. The monoisotopic (exact) mass is 420 g/mol. The standard InChI is InChI=1S/C23H33ClN2O3/c1-2-29-22(28)23(18-6-4-3-5-7-18)12-14-26(15-13-23)21(27)20(25)16-17-8-10-19(24)11-9-17/h8-11,18,20H,2-7,12-16,25H2,1H3. The highest BCUT2D eigenvalue weighted by molar-refractivity contribution is 6.30. The van der Waals surface area contributed by atoms with Crippen molar-refractivity contribution < 1.29 is 14.3 Å². The number of carbonyl (C=O) groups excluding carboxylic acids is 2. The molecule has 1 aliphatic carbocycles. The maximum atomic E-state index is 12.9. The fraction of sp³-hybridized carbons (Fsp3) is 0.652. The van der Waals surface area contributed by atoms with Crippen LogP contribution in [0.4, 0.5) is 0 Å². The molecule has 1 unspecified atom stereocenters. The number of rotatable bonds is 6. The number of hydrogen-bond donors (Lipinski definition) is 1. The van der Waals surface area contributed by atoms with Gasteiger partial charge in [0, 0.05) is 18.1 Å². The smallest absolute Gasteiger partial charge is 0.312 e. The van der Waals surface area contributed by atoms with Gasteiger partial charge in [0.2, 0.25) is 5.91 Å². The van der Waals surface area contributed by atoms with Gasteiger partial charge < -0.3 is 15.4 Å². The predicted octanol–water partition coefficient (Wildman–Crippen LogP) is 3.96. The summed E-state index contributed by atoms with van der Waals surface area (Å²) in [5.41, 5.74) is 6.78. The second-order valence-corrected chi connectivity index (χ2v) is 8.91. The summed E-state index contributed by atoms with van der Waals surface area (Å²) >= 11 is 5.93. The van der Waals surface area contributed by atoms with Crippen LogP contribution in [0.1, 0.15) is 57.4 Å². The topological polar surface area (TPSA) is 72.6 Å². The number of esters is 1. The van der Waals surface area contributed by atoms with Crippen LogP contribution in [0.15, 0.2) is 24.3 Å². The molecule has 0 bridgehead atoms. The van der Waals surface area contributed by atoms with Crippen molar-refractivity contribution in [3.05, 3.63) is 34.9 Å². The first-order valence-corrected chi connectivity index (χ1v) is 11.3. The summed E-state index contributed by atoms with van der Waals surface area (Å²) in [6.45, 7) is 3.41. The summed E-state index contributed by atoms with van der Waals surface area (Å²) in [7, 11) is 0. The molecule has 3 rings (SSSR count). The highest BCUT2D eigenvalue weighted by Crippen LogP contribution is 2.46. The zero-order valence-electron chi connectivity index (χ0n) is 17.4. The lowest BCUT2D eigenvalue weighted by Crippen LogP contribution is -2.54. The Morgan fingerprint density at radius 1 is 1.17 bits per heavy atom. The highest BCUT2D eigenvalue weighted by atomic mass is 35.5. The second kappa shape index (κ2) is 9.94. The average Bonchev–Trinajstić information content (AvgIpc) is 2.75. The summed E-state index contributed by atoms with van der Waals surface area (Å²) in [4.78, 5) is 27.7. The van der Waals surface area contributed by atoms with Crippen LogP contribution in [-0.4, -0.2) is 42.5 Å². The Morgan fingerprint density at radius 2 is 1.79 bits per heavy atom. The zero-order chi connectivity index (χ0) is 20.9. The minimum absolute atomic E-state index is 0.0407. The third-order valence-corrected chi connectivity index (χ3v) is 6.97. The fourth-order valence-electron chi connectivity index (χ4n) is 5.03. The van der Waals surface area contributed by atoms with Gasteiger partial charge in [-0.05, 0) is 62.6 Å². The van der Waals surface area contributed by atoms with E-state index in [9.17, 15) is 9.59 Å². The van der Waals surface area contributed by atoms with E-state index in [0.717, 1.165) is 18.4 Å². The van der Waals surface area contributed by atoms with Crippen molar-refractivity contribution >= 4 is 23.5 Å². The van der Waals surface area contributed by atoms with Gasteiger partial charge in [0.15, 0.2) is 0 Å². The highest BCUT2D eigenvalue weighted by Gasteiger charge is 2.49. The van der Waals surface area contributed by atoms with Crippen molar-refractivity contribution in [2.45, 2.75) is 64.3 Å². The van der Waals surface area contributed by atoms with E-state index >= 15 is 0 Å². The molecule has 1 amide bonds. The molecule has 5 nitrogen and oxygen atoms in total. The lowest BCUT2D eigenvalue weighted by atomic mass is 9.63. The predicted molar refractivity (Wildman–Crippen MR) is 115 cm³/mol. The zero-order valence-corrected chi connectivity index (χ0v) is 18.1. The lowest BCUT2D eigenvalue weighted by molar-refractivity contribution is -0.166. The first-order chi connectivity index (χ1) is 14.0. The lowest BCUT2D eigenvalue weighted by Gasteiger charge is -2.46. The van der Waals surface area contributed by atoms with E-state index in [1.807, 2.05) is 36.1 Å². The normalized spacial score (nSPS) is 20.9. The minimum Gasteiger partial charge on any atom is -0.466 e. The average molecular weight is 421 g/mol. The number of benzene rings is 1. The molecule has 1 saturated heterocycles. The summed E-state index contributed by atoms with van der Waals surface area (Å²) < 4.78 is 5.49. The third kappa shape index (κ3) is 5.13. The number of ether oxygens (including phenoxy) is 1. The number of carbonyl (C=O) groups is 2. The molecule has 2 N–H and O–H groups in total. The largest absolute Gasteiger partial charge is 0.466 e. The molecule has 1 saturated carbocycles. The summed E-state index contributed by atoms with van der Waals surface area (Å²) in [5.74, 6) is 0.265.